The van der Waals surface area contributed by atoms with Crippen LogP contribution in [0.1, 0.15) is 41.3 Å². The summed E-state index contributed by atoms with van der Waals surface area (Å²) in [4.78, 5) is 14.4. The van der Waals surface area contributed by atoms with E-state index in [4.69, 9.17) is 0 Å². The highest BCUT2D eigenvalue weighted by Crippen LogP contribution is 2.22. The molecule has 1 amide bonds. The Morgan fingerprint density at radius 2 is 1.95 bits per heavy atom. The summed E-state index contributed by atoms with van der Waals surface area (Å²) in [6.45, 7) is 7.42. The van der Waals surface area contributed by atoms with Gasteiger partial charge in [-0.15, -0.1) is 0 Å². The fourth-order valence-electron chi connectivity index (χ4n) is 2.89. The number of piperidine rings is 1. The lowest BCUT2D eigenvalue weighted by atomic mass is 9.92. The van der Waals surface area contributed by atoms with Crippen molar-refractivity contribution in [2.24, 2.45) is 5.92 Å². The fourth-order valence-corrected chi connectivity index (χ4v) is 2.89. The van der Waals surface area contributed by atoms with E-state index in [1.165, 1.54) is 0 Å². The first-order valence-corrected chi connectivity index (χ1v) is 7.07. The lowest BCUT2D eigenvalue weighted by Crippen LogP contribution is -2.45. The third-order valence-corrected chi connectivity index (χ3v) is 3.97. The first-order chi connectivity index (χ1) is 9.01. The number of rotatable bonds is 2. The molecule has 104 valence electrons. The van der Waals surface area contributed by atoms with Gasteiger partial charge in [-0.3, -0.25) is 4.79 Å². The molecule has 2 rings (SSSR count). The predicted molar refractivity (Wildman–Crippen MR) is 76.2 cm³/mol. The Hall–Kier alpha value is -1.35. The summed E-state index contributed by atoms with van der Waals surface area (Å²) in [6.07, 6.45) is 1.35. The predicted octanol–water partition coefficient (Wildman–Crippen LogP) is 2.54. The lowest BCUT2D eigenvalue weighted by Gasteiger charge is -2.36. The van der Waals surface area contributed by atoms with E-state index in [2.05, 4.69) is 13.0 Å². The topological polar surface area (TPSA) is 40.5 Å². The zero-order valence-electron chi connectivity index (χ0n) is 12.0. The highest BCUT2D eigenvalue weighted by Gasteiger charge is 2.29. The van der Waals surface area contributed by atoms with Gasteiger partial charge in [0.15, 0.2) is 0 Å². The van der Waals surface area contributed by atoms with E-state index in [0.29, 0.717) is 19.5 Å². The third-order valence-electron chi connectivity index (χ3n) is 3.97. The number of aryl methyl sites for hydroxylation is 2. The summed E-state index contributed by atoms with van der Waals surface area (Å²) in [5.41, 5.74) is 3.00. The molecular formula is C16H23NO2. The summed E-state index contributed by atoms with van der Waals surface area (Å²) >= 11 is 0. The number of amides is 1. The number of nitrogens with zero attached hydrogens (tertiary/aromatic N) is 1. The number of likely N-dealkylation sites (tertiary alicyclic amines) is 1. The standard InChI is InChI=1S/C16H23NO2/c1-4-13-10-17(6-5-15(13)18)16(19)14-8-11(2)7-12(3)9-14/h7-9,13,15,18H,4-6,10H2,1-3H3. The average molecular weight is 261 g/mol. The normalized spacial score (nSPS) is 23.5. The van der Waals surface area contributed by atoms with Crippen LogP contribution in [0.4, 0.5) is 0 Å². The van der Waals surface area contributed by atoms with Gasteiger partial charge in [0.2, 0.25) is 0 Å². The molecule has 2 unspecified atom stereocenters. The molecule has 1 aliphatic rings. The van der Waals surface area contributed by atoms with Crippen molar-refractivity contribution in [1.82, 2.24) is 4.90 Å². The smallest absolute Gasteiger partial charge is 0.253 e. The minimum absolute atomic E-state index is 0.0946. The Kier molecular flexibility index (Phi) is 4.25. The Morgan fingerprint density at radius 3 is 2.53 bits per heavy atom. The quantitative estimate of drug-likeness (QED) is 0.888. The number of aliphatic hydroxyl groups excluding tert-OH is 1. The number of hydrogen-bond donors (Lipinski definition) is 1. The van der Waals surface area contributed by atoms with Crippen molar-refractivity contribution in [1.29, 1.82) is 0 Å². The molecule has 0 bridgehead atoms. The van der Waals surface area contributed by atoms with Crippen molar-refractivity contribution in [3.8, 4) is 0 Å². The van der Waals surface area contributed by atoms with Crippen LogP contribution in [-0.2, 0) is 0 Å². The number of carbonyl (C=O) groups excluding carboxylic acids is 1. The molecule has 3 nitrogen and oxygen atoms in total. The average Bonchev–Trinajstić information content (AvgIpc) is 2.37. The Balaban J connectivity index is 2.15. The molecule has 0 aromatic heterocycles. The summed E-state index contributed by atoms with van der Waals surface area (Å²) in [6, 6.07) is 5.97. The maximum atomic E-state index is 12.5. The molecule has 1 N–H and O–H groups in total. The zero-order valence-corrected chi connectivity index (χ0v) is 12.0. The van der Waals surface area contributed by atoms with Gasteiger partial charge in [-0.2, -0.15) is 0 Å². The highest BCUT2D eigenvalue weighted by molar-refractivity contribution is 5.94. The summed E-state index contributed by atoms with van der Waals surface area (Å²) in [5.74, 6) is 0.306. The van der Waals surface area contributed by atoms with Gasteiger partial charge in [-0.1, -0.05) is 24.1 Å². The molecule has 1 saturated heterocycles. The van der Waals surface area contributed by atoms with E-state index in [1.807, 2.05) is 30.9 Å². The maximum absolute atomic E-state index is 12.5. The van der Waals surface area contributed by atoms with E-state index >= 15 is 0 Å². The third kappa shape index (κ3) is 3.16. The first kappa shape index (κ1) is 14.1. The van der Waals surface area contributed by atoms with Crippen molar-refractivity contribution in [2.45, 2.75) is 39.7 Å². The second-order valence-corrected chi connectivity index (χ2v) is 5.65. The lowest BCUT2D eigenvalue weighted by molar-refractivity contribution is 0.0229. The summed E-state index contributed by atoms with van der Waals surface area (Å²) in [5, 5.41) is 9.89. The van der Waals surface area contributed by atoms with E-state index in [0.717, 1.165) is 23.1 Å². The van der Waals surface area contributed by atoms with Crippen molar-refractivity contribution < 1.29 is 9.90 Å². The van der Waals surface area contributed by atoms with Crippen LogP contribution in [0.5, 0.6) is 0 Å². The molecule has 1 fully saturated rings. The van der Waals surface area contributed by atoms with E-state index in [1.54, 1.807) is 0 Å². The number of hydrogen-bond acceptors (Lipinski definition) is 2. The van der Waals surface area contributed by atoms with E-state index < -0.39 is 0 Å². The van der Waals surface area contributed by atoms with Crippen molar-refractivity contribution >= 4 is 5.91 Å². The molecule has 1 heterocycles. The second-order valence-electron chi connectivity index (χ2n) is 5.65. The van der Waals surface area contributed by atoms with Crippen LogP contribution in [0.3, 0.4) is 0 Å². The van der Waals surface area contributed by atoms with Crippen LogP contribution < -0.4 is 0 Å². The molecule has 3 heteroatoms. The van der Waals surface area contributed by atoms with Gasteiger partial charge in [0, 0.05) is 24.6 Å². The monoisotopic (exact) mass is 261 g/mol. The minimum Gasteiger partial charge on any atom is -0.393 e. The zero-order chi connectivity index (χ0) is 14.0. The summed E-state index contributed by atoms with van der Waals surface area (Å²) in [7, 11) is 0. The van der Waals surface area contributed by atoms with Crippen LogP contribution >= 0.6 is 0 Å². The molecule has 0 saturated carbocycles. The van der Waals surface area contributed by atoms with Gasteiger partial charge in [0.05, 0.1) is 6.10 Å². The van der Waals surface area contributed by atoms with E-state index in [9.17, 15) is 9.90 Å². The number of benzene rings is 1. The molecule has 2 atom stereocenters. The van der Waals surface area contributed by atoms with Gasteiger partial charge >= 0.3 is 0 Å². The fraction of sp³-hybridized carbons (Fsp3) is 0.562. The van der Waals surface area contributed by atoms with E-state index in [-0.39, 0.29) is 17.9 Å². The number of aliphatic hydroxyl groups is 1. The second kappa shape index (κ2) is 5.74. The maximum Gasteiger partial charge on any atom is 0.253 e. The molecule has 0 spiro atoms. The summed E-state index contributed by atoms with van der Waals surface area (Å²) < 4.78 is 0. The molecule has 1 aromatic rings. The Bertz CT molecular complexity index is 450. The molecule has 1 aliphatic heterocycles. The molecule has 19 heavy (non-hydrogen) atoms. The largest absolute Gasteiger partial charge is 0.393 e. The van der Waals surface area contributed by atoms with Crippen LogP contribution in [0, 0.1) is 19.8 Å². The number of carbonyl (C=O) groups is 1. The molecule has 1 aromatic carbocycles. The van der Waals surface area contributed by atoms with Gasteiger partial charge in [-0.05, 0) is 38.8 Å². The Labute approximate surface area is 115 Å². The van der Waals surface area contributed by atoms with Gasteiger partial charge in [0.1, 0.15) is 0 Å². The van der Waals surface area contributed by atoms with Crippen LogP contribution in [0.25, 0.3) is 0 Å². The van der Waals surface area contributed by atoms with Gasteiger partial charge in [-0.25, -0.2) is 0 Å². The molecule has 0 radical (unpaired) electrons. The molecule has 0 aliphatic carbocycles. The van der Waals surface area contributed by atoms with Crippen molar-refractivity contribution in [3.05, 3.63) is 34.9 Å². The van der Waals surface area contributed by atoms with Crippen LogP contribution in [0.15, 0.2) is 18.2 Å². The first-order valence-electron chi connectivity index (χ1n) is 7.07. The van der Waals surface area contributed by atoms with Crippen molar-refractivity contribution in [3.63, 3.8) is 0 Å². The van der Waals surface area contributed by atoms with Gasteiger partial charge < -0.3 is 10.0 Å². The minimum atomic E-state index is -0.256. The highest BCUT2D eigenvalue weighted by atomic mass is 16.3. The van der Waals surface area contributed by atoms with Crippen LogP contribution in [-0.4, -0.2) is 35.1 Å². The molecular weight excluding hydrogens is 238 g/mol. The SMILES string of the molecule is CCC1CN(C(=O)c2cc(C)cc(C)c2)CCC1O. The van der Waals surface area contributed by atoms with Crippen molar-refractivity contribution in [2.75, 3.05) is 13.1 Å². The van der Waals surface area contributed by atoms with Crippen LogP contribution in [0.2, 0.25) is 0 Å². The van der Waals surface area contributed by atoms with Gasteiger partial charge in [0.25, 0.3) is 5.91 Å². The Morgan fingerprint density at radius 1 is 1.32 bits per heavy atom.